The molecule has 1 aromatic carbocycles. The number of ketones is 1. The van der Waals surface area contributed by atoms with Crippen LogP contribution in [-0.4, -0.2) is 83.7 Å². The molecule has 0 saturated carbocycles. The van der Waals surface area contributed by atoms with Gasteiger partial charge in [0.15, 0.2) is 5.78 Å². The molecule has 0 atom stereocenters. The number of likely N-dealkylation sites (N-methyl/N-ethyl adjacent to an activating group) is 2. The largest absolute Gasteiger partial charge is 0.494 e. The van der Waals surface area contributed by atoms with Gasteiger partial charge in [0, 0.05) is 56.3 Å². The molecule has 11 heteroatoms. The van der Waals surface area contributed by atoms with Gasteiger partial charge in [0.05, 0.1) is 36.3 Å². The zero-order chi connectivity index (χ0) is 30.4. The van der Waals surface area contributed by atoms with E-state index in [4.69, 9.17) is 14.5 Å². The predicted octanol–water partition coefficient (Wildman–Crippen LogP) is 4.40. The summed E-state index contributed by atoms with van der Waals surface area (Å²) in [6.45, 7) is 8.78. The zero-order valence-corrected chi connectivity index (χ0v) is 24.9. The van der Waals surface area contributed by atoms with Crippen LogP contribution in [0, 0.1) is 0 Å². The minimum Gasteiger partial charge on any atom is -0.494 e. The summed E-state index contributed by atoms with van der Waals surface area (Å²) in [5, 5.41) is 7.65. The fourth-order valence-corrected chi connectivity index (χ4v) is 4.42. The topological polar surface area (TPSA) is 114 Å². The third kappa shape index (κ3) is 6.92. The van der Waals surface area contributed by atoms with Gasteiger partial charge in [-0.1, -0.05) is 12.6 Å². The summed E-state index contributed by atoms with van der Waals surface area (Å²) in [4.78, 5) is 38.8. The average Bonchev–Trinajstić information content (AvgIpc) is 3.39. The van der Waals surface area contributed by atoms with Gasteiger partial charge >= 0.3 is 5.97 Å². The number of esters is 1. The number of rotatable bonds is 13. The Morgan fingerprint density at radius 2 is 1.93 bits per heavy atom. The van der Waals surface area contributed by atoms with Gasteiger partial charge in [-0.15, -0.1) is 0 Å². The molecule has 42 heavy (non-hydrogen) atoms. The van der Waals surface area contributed by atoms with Crippen LogP contribution in [0.1, 0.15) is 29.8 Å². The number of hydrogen-bond donors (Lipinski definition) is 1. The van der Waals surface area contributed by atoms with E-state index in [1.807, 2.05) is 57.7 Å². The van der Waals surface area contributed by atoms with Gasteiger partial charge in [0.2, 0.25) is 5.95 Å². The van der Waals surface area contributed by atoms with Crippen LogP contribution in [0.15, 0.2) is 61.6 Å². The first-order chi connectivity index (χ1) is 20.1. The third-order valence-electron chi connectivity index (χ3n) is 6.57. The van der Waals surface area contributed by atoms with Crippen molar-refractivity contribution < 1.29 is 19.1 Å². The standard InChI is InChI=1S/C31H37N7O4/c1-8-22(39)15-21-16-25(28(41-7)17-27(21)37(6)14-13-36(4)5)34-31-32-18-24(30(40)42-20(2)3)29(35-31)23-19-33-38-12-10-9-11-26(23)38/h8-12,16-20H,1,13-15H2,2-7H3,(H,32,34,35). The van der Waals surface area contributed by atoms with E-state index in [1.54, 1.807) is 31.7 Å². The van der Waals surface area contributed by atoms with E-state index in [0.717, 1.165) is 29.9 Å². The van der Waals surface area contributed by atoms with Crippen LogP contribution in [0.25, 0.3) is 16.8 Å². The average molecular weight is 572 g/mol. The summed E-state index contributed by atoms with van der Waals surface area (Å²) in [5.41, 5.74) is 4.25. The van der Waals surface area contributed by atoms with Gasteiger partial charge in [-0.2, -0.15) is 5.10 Å². The molecule has 4 aromatic rings. The van der Waals surface area contributed by atoms with Crippen LogP contribution in [0.4, 0.5) is 17.3 Å². The molecule has 0 spiro atoms. The number of nitrogens with one attached hydrogen (secondary N) is 1. The second kappa shape index (κ2) is 13.3. The number of fused-ring (bicyclic) bond motifs is 1. The Labute approximate surface area is 245 Å². The normalized spacial score (nSPS) is 11.1. The molecule has 0 bridgehead atoms. The van der Waals surface area contributed by atoms with E-state index in [-0.39, 0.29) is 29.8 Å². The lowest BCUT2D eigenvalue weighted by Crippen LogP contribution is -2.29. The van der Waals surface area contributed by atoms with Crippen molar-refractivity contribution in [3.05, 3.63) is 72.7 Å². The molecular formula is C31H37N7O4. The molecule has 0 aliphatic carbocycles. The molecule has 3 aromatic heterocycles. The number of pyridine rings is 1. The molecule has 0 fully saturated rings. The molecule has 0 radical (unpaired) electrons. The number of ether oxygens (including phenoxy) is 2. The summed E-state index contributed by atoms with van der Waals surface area (Å²) in [6.07, 6.45) is 6.09. The van der Waals surface area contributed by atoms with Crippen LogP contribution < -0.4 is 15.0 Å². The minimum atomic E-state index is -0.533. The molecule has 0 amide bonds. The van der Waals surface area contributed by atoms with E-state index in [1.165, 1.54) is 12.3 Å². The Balaban J connectivity index is 1.79. The van der Waals surface area contributed by atoms with Crippen LogP contribution in [0.5, 0.6) is 5.75 Å². The maximum atomic E-state index is 13.0. The maximum Gasteiger partial charge on any atom is 0.342 e. The number of anilines is 3. The van der Waals surface area contributed by atoms with Gasteiger partial charge < -0.3 is 24.6 Å². The minimum absolute atomic E-state index is 0.104. The van der Waals surface area contributed by atoms with E-state index >= 15 is 0 Å². The molecule has 3 heterocycles. The lowest BCUT2D eigenvalue weighted by atomic mass is 10.0. The summed E-state index contributed by atoms with van der Waals surface area (Å²) < 4.78 is 12.9. The predicted molar refractivity (Wildman–Crippen MR) is 164 cm³/mol. The molecule has 0 unspecified atom stereocenters. The summed E-state index contributed by atoms with van der Waals surface area (Å²) >= 11 is 0. The van der Waals surface area contributed by atoms with Crippen molar-refractivity contribution >= 4 is 34.6 Å². The summed E-state index contributed by atoms with van der Waals surface area (Å²) in [5.74, 6) is 0.137. The third-order valence-corrected chi connectivity index (χ3v) is 6.57. The smallest absolute Gasteiger partial charge is 0.342 e. The quantitative estimate of drug-likeness (QED) is 0.183. The molecule has 0 aliphatic heterocycles. The van der Waals surface area contributed by atoms with Crippen LogP contribution in [0.3, 0.4) is 0 Å². The Morgan fingerprint density at radius 3 is 2.62 bits per heavy atom. The molecule has 220 valence electrons. The number of hydrogen-bond acceptors (Lipinski definition) is 10. The maximum absolute atomic E-state index is 13.0. The molecule has 1 N–H and O–H groups in total. The van der Waals surface area contributed by atoms with Crippen molar-refractivity contribution in [2.24, 2.45) is 0 Å². The SMILES string of the molecule is C=CC(=O)Cc1cc(Nc2ncc(C(=O)OC(C)C)c(-c3cnn4ccccc34)n2)c(OC)cc1N(C)CCN(C)C. The Bertz CT molecular complexity index is 1600. The lowest BCUT2D eigenvalue weighted by molar-refractivity contribution is -0.114. The van der Waals surface area contributed by atoms with Gasteiger partial charge in [0.25, 0.3) is 0 Å². The van der Waals surface area contributed by atoms with Crippen molar-refractivity contribution in [3.63, 3.8) is 0 Å². The van der Waals surface area contributed by atoms with Crippen molar-refractivity contribution in [1.29, 1.82) is 0 Å². The molecule has 0 saturated heterocycles. The van der Waals surface area contributed by atoms with Gasteiger partial charge in [-0.3, -0.25) is 4.79 Å². The number of carbonyl (C=O) groups is 2. The van der Waals surface area contributed by atoms with Crippen molar-refractivity contribution in [1.82, 2.24) is 24.5 Å². The number of nitrogens with zero attached hydrogens (tertiary/aromatic N) is 6. The zero-order valence-electron chi connectivity index (χ0n) is 24.9. The molecule has 0 aliphatic rings. The van der Waals surface area contributed by atoms with Gasteiger partial charge in [-0.25, -0.2) is 19.3 Å². The van der Waals surface area contributed by atoms with Crippen molar-refractivity contribution in [2.45, 2.75) is 26.4 Å². The van der Waals surface area contributed by atoms with E-state index in [9.17, 15) is 9.59 Å². The lowest BCUT2D eigenvalue weighted by Gasteiger charge is -2.25. The van der Waals surface area contributed by atoms with Gasteiger partial charge in [0.1, 0.15) is 11.3 Å². The highest BCUT2D eigenvalue weighted by Crippen LogP contribution is 2.36. The fourth-order valence-electron chi connectivity index (χ4n) is 4.42. The van der Waals surface area contributed by atoms with Crippen LogP contribution in [0.2, 0.25) is 0 Å². The fraction of sp³-hybridized carbons (Fsp3) is 0.323. The van der Waals surface area contributed by atoms with Gasteiger partial charge in [-0.05, 0) is 57.8 Å². The van der Waals surface area contributed by atoms with E-state index in [2.05, 4.69) is 31.8 Å². The van der Waals surface area contributed by atoms with Crippen molar-refractivity contribution in [3.8, 4) is 17.0 Å². The Kier molecular flexibility index (Phi) is 9.53. The summed E-state index contributed by atoms with van der Waals surface area (Å²) in [7, 11) is 7.58. The monoisotopic (exact) mass is 571 g/mol. The molecular weight excluding hydrogens is 534 g/mol. The van der Waals surface area contributed by atoms with Crippen LogP contribution in [-0.2, 0) is 16.0 Å². The van der Waals surface area contributed by atoms with Crippen molar-refractivity contribution in [2.75, 3.05) is 51.6 Å². The molecule has 11 nitrogen and oxygen atoms in total. The highest BCUT2D eigenvalue weighted by Gasteiger charge is 2.22. The highest BCUT2D eigenvalue weighted by molar-refractivity contribution is 5.98. The second-order valence-corrected chi connectivity index (χ2v) is 10.4. The van der Waals surface area contributed by atoms with Crippen LogP contribution >= 0.6 is 0 Å². The summed E-state index contributed by atoms with van der Waals surface area (Å²) in [6, 6.07) is 9.41. The van der Waals surface area contributed by atoms with E-state index in [0.29, 0.717) is 22.7 Å². The first-order valence-electron chi connectivity index (χ1n) is 13.6. The number of allylic oxidation sites excluding steroid dienone is 1. The highest BCUT2D eigenvalue weighted by atomic mass is 16.5. The molecule has 4 rings (SSSR count). The Morgan fingerprint density at radius 1 is 1.14 bits per heavy atom. The first kappa shape index (κ1) is 30.2. The van der Waals surface area contributed by atoms with E-state index < -0.39 is 5.97 Å². The Hall–Kier alpha value is -4.77. The second-order valence-electron chi connectivity index (χ2n) is 10.4. The first-order valence-corrected chi connectivity index (χ1v) is 13.6. The number of benzene rings is 1. The number of carbonyl (C=O) groups excluding carboxylic acids is 2. The number of methoxy groups -OCH3 is 1. The number of aromatic nitrogens is 4.